The summed E-state index contributed by atoms with van der Waals surface area (Å²) in [7, 11) is -1.46. The average molecular weight is 270 g/mol. The summed E-state index contributed by atoms with van der Waals surface area (Å²) in [4.78, 5) is 0. The summed E-state index contributed by atoms with van der Waals surface area (Å²) in [5.41, 5.74) is 0. The van der Waals surface area contributed by atoms with Crippen LogP contribution in [0.3, 0.4) is 0 Å². The van der Waals surface area contributed by atoms with Crippen molar-refractivity contribution in [1.82, 2.24) is 0 Å². The lowest BCUT2D eigenvalue weighted by Gasteiger charge is -2.36. The molecule has 0 N–H and O–H groups in total. The average Bonchev–Trinajstić information content (AvgIpc) is 2.50. The highest BCUT2D eigenvalue weighted by atomic mass is 32.2. The molecule has 0 aliphatic carbocycles. The number of benzene rings is 2. The SMILES string of the molecule is c1ccc([Si]2(c3ccccc3)CCSCC2)cc1. The van der Waals surface area contributed by atoms with Crippen LogP contribution in [0.25, 0.3) is 0 Å². The number of thioether (sulfide) groups is 1. The van der Waals surface area contributed by atoms with Gasteiger partial charge in [-0.05, 0) is 23.6 Å². The molecule has 0 amide bonds. The predicted octanol–water partition coefficient (Wildman–Crippen LogP) is 3.00. The highest BCUT2D eigenvalue weighted by molar-refractivity contribution is 7.99. The molecule has 1 fully saturated rings. The van der Waals surface area contributed by atoms with Gasteiger partial charge < -0.3 is 0 Å². The molecule has 0 atom stereocenters. The Kier molecular flexibility index (Phi) is 3.57. The lowest BCUT2D eigenvalue weighted by atomic mass is 10.4. The third-order valence-electron chi connectivity index (χ3n) is 4.00. The van der Waals surface area contributed by atoms with Gasteiger partial charge in [0.05, 0.1) is 0 Å². The van der Waals surface area contributed by atoms with Crippen molar-refractivity contribution in [2.24, 2.45) is 0 Å². The van der Waals surface area contributed by atoms with E-state index in [1.54, 1.807) is 10.4 Å². The minimum atomic E-state index is -1.46. The zero-order chi connectivity index (χ0) is 12.3. The normalized spacial score (nSPS) is 18.4. The maximum Gasteiger partial charge on any atom is 0.119 e. The van der Waals surface area contributed by atoms with Crippen LogP contribution in [-0.2, 0) is 0 Å². The van der Waals surface area contributed by atoms with Gasteiger partial charge in [-0.25, -0.2) is 0 Å². The van der Waals surface area contributed by atoms with Gasteiger partial charge in [0, 0.05) is 0 Å². The van der Waals surface area contributed by atoms with Gasteiger partial charge in [0.1, 0.15) is 8.07 Å². The van der Waals surface area contributed by atoms with E-state index in [1.165, 1.54) is 23.6 Å². The van der Waals surface area contributed by atoms with E-state index in [2.05, 4.69) is 72.4 Å². The van der Waals surface area contributed by atoms with Crippen LogP contribution in [-0.4, -0.2) is 19.6 Å². The van der Waals surface area contributed by atoms with Crippen LogP contribution in [0.4, 0.5) is 0 Å². The van der Waals surface area contributed by atoms with Crippen molar-refractivity contribution in [3.05, 3.63) is 60.7 Å². The Morgan fingerprint density at radius 3 is 1.56 bits per heavy atom. The molecular formula is C16H18SSi. The third kappa shape index (κ3) is 2.15. The molecular weight excluding hydrogens is 252 g/mol. The van der Waals surface area contributed by atoms with Crippen LogP contribution in [0.5, 0.6) is 0 Å². The van der Waals surface area contributed by atoms with E-state index in [1.807, 2.05) is 0 Å². The van der Waals surface area contributed by atoms with E-state index >= 15 is 0 Å². The molecule has 0 radical (unpaired) electrons. The minimum Gasteiger partial charge on any atom is -0.163 e. The van der Waals surface area contributed by atoms with Crippen molar-refractivity contribution in [1.29, 1.82) is 0 Å². The smallest absolute Gasteiger partial charge is 0.119 e. The van der Waals surface area contributed by atoms with Gasteiger partial charge in [-0.15, -0.1) is 0 Å². The van der Waals surface area contributed by atoms with Gasteiger partial charge in [-0.1, -0.05) is 71.0 Å². The summed E-state index contributed by atoms with van der Waals surface area (Å²) >= 11 is 2.12. The van der Waals surface area contributed by atoms with Gasteiger partial charge in [-0.3, -0.25) is 0 Å². The van der Waals surface area contributed by atoms with Gasteiger partial charge in [0.15, 0.2) is 0 Å². The first-order chi connectivity index (χ1) is 8.92. The molecule has 1 aliphatic heterocycles. The van der Waals surface area contributed by atoms with E-state index in [9.17, 15) is 0 Å². The molecule has 2 heteroatoms. The van der Waals surface area contributed by atoms with Crippen LogP contribution in [0.15, 0.2) is 60.7 Å². The van der Waals surface area contributed by atoms with Gasteiger partial charge in [0.25, 0.3) is 0 Å². The second kappa shape index (κ2) is 5.33. The number of hydrogen-bond acceptors (Lipinski definition) is 1. The van der Waals surface area contributed by atoms with E-state index in [0.717, 1.165) is 0 Å². The topological polar surface area (TPSA) is 0 Å². The Labute approximate surface area is 114 Å². The molecule has 0 bridgehead atoms. The summed E-state index contributed by atoms with van der Waals surface area (Å²) in [5, 5.41) is 3.24. The highest BCUT2D eigenvalue weighted by Gasteiger charge is 2.38. The standard InChI is InChI=1S/C16H18SSi/c1-3-7-15(8-4-1)18(13-11-17-12-14-18)16-9-5-2-6-10-16/h1-10H,11-14H2. The first-order valence-electron chi connectivity index (χ1n) is 6.61. The fraction of sp³-hybridized carbons (Fsp3) is 0.250. The molecule has 0 saturated carbocycles. The summed E-state index contributed by atoms with van der Waals surface area (Å²) in [6.45, 7) is 0. The van der Waals surface area contributed by atoms with E-state index in [4.69, 9.17) is 0 Å². The zero-order valence-electron chi connectivity index (χ0n) is 10.5. The molecule has 18 heavy (non-hydrogen) atoms. The van der Waals surface area contributed by atoms with Crippen molar-refractivity contribution in [3.8, 4) is 0 Å². The Bertz CT molecular complexity index is 448. The maximum atomic E-state index is 2.36. The quantitative estimate of drug-likeness (QED) is 0.756. The van der Waals surface area contributed by atoms with Gasteiger partial charge >= 0.3 is 0 Å². The number of rotatable bonds is 2. The fourth-order valence-corrected chi connectivity index (χ4v) is 10.5. The van der Waals surface area contributed by atoms with Crippen LogP contribution in [0.1, 0.15) is 0 Å². The lowest BCUT2D eigenvalue weighted by molar-refractivity contribution is 1.26. The number of hydrogen-bond donors (Lipinski definition) is 0. The Balaban J connectivity index is 2.10. The second-order valence-corrected chi connectivity index (χ2v) is 10.5. The van der Waals surface area contributed by atoms with Crippen molar-refractivity contribution in [2.75, 3.05) is 11.5 Å². The summed E-state index contributed by atoms with van der Waals surface area (Å²) in [6.07, 6.45) is 0. The molecule has 0 spiro atoms. The Hall–Kier alpha value is -0.993. The summed E-state index contributed by atoms with van der Waals surface area (Å²) in [6, 6.07) is 25.3. The molecule has 92 valence electrons. The zero-order valence-corrected chi connectivity index (χ0v) is 12.3. The largest absolute Gasteiger partial charge is 0.163 e. The molecule has 1 heterocycles. The first-order valence-corrected chi connectivity index (χ1v) is 10.2. The third-order valence-corrected chi connectivity index (χ3v) is 10.8. The van der Waals surface area contributed by atoms with Crippen LogP contribution >= 0.6 is 11.8 Å². The molecule has 2 aromatic rings. The van der Waals surface area contributed by atoms with Crippen molar-refractivity contribution in [3.63, 3.8) is 0 Å². The summed E-state index contributed by atoms with van der Waals surface area (Å²) < 4.78 is 0. The minimum absolute atomic E-state index is 1.33. The van der Waals surface area contributed by atoms with Crippen LogP contribution in [0, 0.1) is 0 Å². The lowest BCUT2D eigenvalue weighted by Crippen LogP contribution is -2.59. The highest BCUT2D eigenvalue weighted by Crippen LogP contribution is 2.27. The monoisotopic (exact) mass is 270 g/mol. The van der Waals surface area contributed by atoms with Gasteiger partial charge in [0.2, 0.25) is 0 Å². The fourth-order valence-electron chi connectivity index (χ4n) is 2.98. The van der Waals surface area contributed by atoms with Crippen molar-refractivity contribution >= 4 is 30.2 Å². The molecule has 0 unspecified atom stereocenters. The molecule has 2 aromatic carbocycles. The van der Waals surface area contributed by atoms with Crippen molar-refractivity contribution < 1.29 is 0 Å². The predicted molar refractivity (Wildman–Crippen MR) is 84.8 cm³/mol. The van der Waals surface area contributed by atoms with E-state index < -0.39 is 8.07 Å². The molecule has 1 saturated heterocycles. The second-order valence-electron chi connectivity index (χ2n) is 4.93. The van der Waals surface area contributed by atoms with Crippen molar-refractivity contribution in [2.45, 2.75) is 12.1 Å². The van der Waals surface area contributed by atoms with E-state index in [0.29, 0.717) is 0 Å². The maximum absolute atomic E-state index is 2.36. The molecule has 3 rings (SSSR count). The molecule has 1 aliphatic rings. The van der Waals surface area contributed by atoms with Gasteiger partial charge in [-0.2, -0.15) is 11.8 Å². The Morgan fingerprint density at radius 1 is 0.667 bits per heavy atom. The summed E-state index contributed by atoms with van der Waals surface area (Å²) in [5.74, 6) is 2.66. The Morgan fingerprint density at radius 2 is 1.11 bits per heavy atom. The van der Waals surface area contributed by atoms with Crippen LogP contribution in [0.2, 0.25) is 12.1 Å². The first kappa shape index (κ1) is 12.1. The van der Waals surface area contributed by atoms with E-state index in [-0.39, 0.29) is 0 Å². The molecule has 0 nitrogen and oxygen atoms in total. The molecule has 0 aromatic heterocycles. The van der Waals surface area contributed by atoms with Crippen LogP contribution < -0.4 is 10.4 Å².